The van der Waals surface area contributed by atoms with Crippen molar-refractivity contribution in [2.75, 3.05) is 59.0 Å². The summed E-state index contributed by atoms with van der Waals surface area (Å²) in [4.78, 5) is 9.67. The van der Waals surface area contributed by atoms with Crippen LogP contribution in [0.5, 0.6) is 0 Å². The molecule has 23 heavy (non-hydrogen) atoms. The number of likely N-dealkylation sites (N-methyl/N-ethyl adjacent to an activating group) is 1. The first-order valence-electron chi connectivity index (χ1n) is 9.20. The summed E-state index contributed by atoms with van der Waals surface area (Å²) in [7, 11) is 0. The van der Waals surface area contributed by atoms with Gasteiger partial charge >= 0.3 is 0 Å². The largest absolute Gasteiger partial charge is 0.379 e. The first-order chi connectivity index (χ1) is 11.1. The molecule has 0 aliphatic carbocycles. The number of rotatable bonds is 9. The van der Waals surface area contributed by atoms with Gasteiger partial charge in [0.2, 0.25) is 0 Å². The smallest absolute Gasteiger partial charge is 0.191 e. The number of nitrogens with zero attached hydrogens (tertiary/aromatic N) is 3. The summed E-state index contributed by atoms with van der Waals surface area (Å²) in [6, 6.07) is 0.958. The Bertz CT molecular complexity index is 327. The molecule has 1 saturated heterocycles. The second-order valence-electron chi connectivity index (χ2n) is 6.17. The van der Waals surface area contributed by atoms with Crippen LogP contribution in [-0.2, 0) is 4.74 Å². The zero-order chi connectivity index (χ0) is 17.1. The van der Waals surface area contributed by atoms with Crippen molar-refractivity contribution in [2.45, 2.75) is 46.7 Å². The van der Waals surface area contributed by atoms with Crippen LogP contribution in [0, 0.1) is 0 Å². The van der Waals surface area contributed by atoms with Gasteiger partial charge in [-0.3, -0.25) is 14.8 Å². The zero-order valence-electron chi connectivity index (χ0n) is 15.8. The number of guanidine groups is 1. The molecule has 136 valence electrons. The summed E-state index contributed by atoms with van der Waals surface area (Å²) in [5.41, 5.74) is 0. The molecule has 1 aliphatic heterocycles. The Morgan fingerprint density at radius 2 is 1.78 bits per heavy atom. The van der Waals surface area contributed by atoms with E-state index in [-0.39, 0.29) is 0 Å². The van der Waals surface area contributed by atoms with Crippen LogP contribution in [0.2, 0.25) is 0 Å². The van der Waals surface area contributed by atoms with Crippen molar-refractivity contribution in [2.24, 2.45) is 4.99 Å². The molecule has 0 aromatic carbocycles. The highest BCUT2D eigenvalue weighted by molar-refractivity contribution is 5.79. The van der Waals surface area contributed by atoms with E-state index in [0.29, 0.717) is 12.1 Å². The lowest BCUT2D eigenvalue weighted by atomic mass is 10.2. The van der Waals surface area contributed by atoms with Crippen LogP contribution in [0.1, 0.15) is 34.6 Å². The molecule has 6 heteroatoms. The van der Waals surface area contributed by atoms with Gasteiger partial charge in [-0.15, -0.1) is 0 Å². The maximum atomic E-state index is 5.42. The Morgan fingerprint density at radius 1 is 1.13 bits per heavy atom. The summed E-state index contributed by atoms with van der Waals surface area (Å²) in [5, 5.41) is 6.83. The highest BCUT2D eigenvalue weighted by atomic mass is 16.5. The molecule has 6 nitrogen and oxygen atoms in total. The Labute approximate surface area is 142 Å². The van der Waals surface area contributed by atoms with Gasteiger partial charge < -0.3 is 15.4 Å². The van der Waals surface area contributed by atoms with E-state index in [1.54, 1.807) is 0 Å². The SMILES string of the molecule is CCNC(=NCC(C)N1CCOCC1)NCC(C)N(CC)CC. The van der Waals surface area contributed by atoms with Crippen LogP contribution in [-0.4, -0.2) is 86.9 Å². The van der Waals surface area contributed by atoms with Gasteiger partial charge in [-0.05, 0) is 33.9 Å². The molecule has 0 amide bonds. The first-order valence-corrected chi connectivity index (χ1v) is 9.20. The van der Waals surface area contributed by atoms with Crippen molar-refractivity contribution in [3.05, 3.63) is 0 Å². The van der Waals surface area contributed by atoms with Crippen molar-refractivity contribution in [3.63, 3.8) is 0 Å². The third-order valence-electron chi connectivity index (χ3n) is 4.53. The normalized spacial score (nSPS) is 19.7. The monoisotopic (exact) mass is 327 g/mol. The molecule has 2 unspecified atom stereocenters. The molecule has 0 aromatic rings. The van der Waals surface area contributed by atoms with Gasteiger partial charge in [0.1, 0.15) is 0 Å². The molecule has 2 N–H and O–H groups in total. The predicted molar refractivity (Wildman–Crippen MR) is 98.2 cm³/mol. The maximum absolute atomic E-state index is 5.42. The lowest BCUT2D eigenvalue weighted by Crippen LogP contribution is -2.47. The van der Waals surface area contributed by atoms with Crippen molar-refractivity contribution < 1.29 is 4.74 Å². The van der Waals surface area contributed by atoms with E-state index in [1.807, 2.05) is 0 Å². The fourth-order valence-electron chi connectivity index (χ4n) is 2.92. The second-order valence-corrected chi connectivity index (χ2v) is 6.17. The molecule has 1 fully saturated rings. The van der Waals surface area contributed by atoms with Gasteiger partial charge in [0.15, 0.2) is 5.96 Å². The molecular weight excluding hydrogens is 290 g/mol. The van der Waals surface area contributed by atoms with E-state index in [4.69, 9.17) is 9.73 Å². The molecule has 0 bridgehead atoms. The summed E-state index contributed by atoms with van der Waals surface area (Å²) in [5.74, 6) is 0.923. The average Bonchev–Trinajstić information content (AvgIpc) is 2.59. The standard InChI is InChI=1S/C17H37N5O/c1-6-18-17(19-13-15(4)21(7-2)8-3)20-14-16(5)22-9-11-23-12-10-22/h15-16H,6-14H2,1-5H3,(H2,18,19,20). The van der Waals surface area contributed by atoms with Crippen molar-refractivity contribution in [3.8, 4) is 0 Å². The molecule has 1 aliphatic rings. The fraction of sp³-hybridized carbons (Fsp3) is 0.941. The van der Waals surface area contributed by atoms with Crippen molar-refractivity contribution >= 4 is 5.96 Å². The van der Waals surface area contributed by atoms with Crippen LogP contribution in [0.4, 0.5) is 0 Å². The minimum absolute atomic E-state index is 0.453. The Morgan fingerprint density at radius 3 is 2.35 bits per heavy atom. The highest BCUT2D eigenvalue weighted by Crippen LogP contribution is 2.03. The number of hydrogen-bond donors (Lipinski definition) is 2. The Hall–Kier alpha value is -0.850. The van der Waals surface area contributed by atoms with E-state index in [0.717, 1.165) is 65.0 Å². The number of ether oxygens (including phenoxy) is 1. The third kappa shape index (κ3) is 7.50. The topological polar surface area (TPSA) is 52.1 Å². The average molecular weight is 328 g/mol. The molecule has 1 heterocycles. The van der Waals surface area contributed by atoms with Gasteiger partial charge in [-0.2, -0.15) is 0 Å². The molecule has 0 spiro atoms. The molecule has 0 radical (unpaired) electrons. The fourth-order valence-corrected chi connectivity index (χ4v) is 2.92. The van der Waals surface area contributed by atoms with Gasteiger partial charge in [0.05, 0.1) is 19.8 Å². The predicted octanol–water partition coefficient (Wildman–Crippen LogP) is 0.993. The van der Waals surface area contributed by atoms with E-state index in [9.17, 15) is 0 Å². The number of nitrogens with one attached hydrogen (secondary N) is 2. The number of hydrogen-bond acceptors (Lipinski definition) is 4. The first kappa shape index (κ1) is 20.2. The van der Waals surface area contributed by atoms with Crippen LogP contribution in [0.3, 0.4) is 0 Å². The van der Waals surface area contributed by atoms with Crippen LogP contribution in [0.25, 0.3) is 0 Å². The number of aliphatic imine (C=N–C) groups is 1. The van der Waals surface area contributed by atoms with Crippen molar-refractivity contribution in [1.29, 1.82) is 0 Å². The lowest BCUT2D eigenvalue weighted by Gasteiger charge is -2.31. The highest BCUT2D eigenvalue weighted by Gasteiger charge is 2.17. The summed E-state index contributed by atoms with van der Waals surface area (Å²) in [6.45, 7) is 19.5. The molecule has 2 atom stereocenters. The van der Waals surface area contributed by atoms with Crippen molar-refractivity contribution in [1.82, 2.24) is 20.4 Å². The molecular formula is C17H37N5O. The van der Waals surface area contributed by atoms with E-state index >= 15 is 0 Å². The lowest BCUT2D eigenvalue weighted by molar-refractivity contribution is 0.0220. The van der Waals surface area contributed by atoms with Crippen LogP contribution in [0.15, 0.2) is 4.99 Å². The summed E-state index contributed by atoms with van der Waals surface area (Å²) in [6.07, 6.45) is 0. The molecule has 0 saturated carbocycles. The third-order valence-corrected chi connectivity index (χ3v) is 4.53. The zero-order valence-corrected chi connectivity index (χ0v) is 15.8. The molecule has 0 aromatic heterocycles. The minimum Gasteiger partial charge on any atom is -0.379 e. The second kappa shape index (κ2) is 11.6. The van der Waals surface area contributed by atoms with Gasteiger partial charge in [-0.25, -0.2) is 0 Å². The van der Waals surface area contributed by atoms with E-state index in [1.165, 1.54) is 0 Å². The summed E-state index contributed by atoms with van der Waals surface area (Å²) < 4.78 is 5.42. The summed E-state index contributed by atoms with van der Waals surface area (Å²) >= 11 is 0. The molecule has 1 rings (SSSR count). The van der Waals surface area contributed by atoms with Gasteiger partial charge in [0.25, 0.3) is 0 Å². The van der Waals surface area contributed by atoms with Gasteiger partial charge in [-0.1, -0.05) is 13.8 Å². The van der Waals surface area contributed by atoms with Gasteiger partial charge in [0, 0.05) is 38.3 Å². The maximum Gasteiger partial charge on any atom is 0.191 e. The number of morpholine rings is 1. The Kier molecular flexibility index (Phi) is 10.2. The van der Waals surface area contributed by atoms with Crippen LogP contribution < -0.4 is 10.6 Å². The van der Waals surface area contributed by atoms with E-state index < -0.39 is 0 Å². The Balaban J connectivity index is 2.45. The van der Waals surface area contributed by atoms with E-state index in [2.05, 4.69) is 55.1 Å². The minimum atomic E-state index is 0.453. The van der Waals surface area contributed by atoms with Crippen LogP contribution >= 0.6 is 0 Å². The quantitative estimate of drug-likeness (QED) is 0.489.